The number of halogens is 2. The maximum absolute atomic E-state index is 13.4. The van der Waals surface area contributed by atoms with Gasteiger partial charge in [0.2, 0.25) is 0 Å². The molecule has 1 aromatic heterocycles. The molecule has 0 saturated carbocycles. The zero-order chi connectivity index (χ0) is 13.0. The van der Waals surface area contributed by atoms with Gasteiger partial charge in [-0.3, -0.25) is 0 Å². The van der Waals surface area contributed by atoms with Gasteiger partial charge in [0.05, 0.1) is 6.20 Å². The highest BCUT2D eigenvalue weighted by Gasteiger charge is 2.15. The third kappa shape index (κ3) is 3.27. The lowest BCUT2D eigenvalue weighted by molar-refractivity contribution is 0.314. The molecule has 0 amide bonds. The van der Waals surface area contributed by atoms with Crippen molar-refractivity contribution >= 4 is 11.7 Å². The summed E-state index contributed by atoms with van der Waals surface area (Å²) in [7, 11) is 1.59. The molecule has 5 nitrogen and oxygen atoms in total. The molecular formula is C10H14F2N4O. The van der Waals surface area contributed by atoms with E-state index < -0.39 is 11.6 Å². The average Bonchev–Trinajstić information content (AvgIpc) is 2.27. The number of amidine groups is 1. The Morgan fingerprint density at radius 1 is 1.65 bits per heavy atom. The lowest BCUT2D eigenvalue weighted by Gasteiger charge is -2.21. The number of nitrogens with two attached hydrogens (primary N) is 1. The van der Waals surface area contributed by atoms with Crippen LogP contribution in [0.4, 0.5) is 14.6 Å². The molecule has 1 heterocycles. The van der Waals surface area contributed by atoms with Crippen molar-refractivity contribution in [3.8, 4) is 0 Å². The Labute approximate surface area is 97.6 Å². The van der Waals surface area contributed by atoms with E-state index >= 15 is 0 Å². The topological polar surface area (TPSA) is 74.7 Å². The number of aromatic nitrogens is 1. The molecular weight excluding hydrogens is 230 g/mol. The van der Waals surface area contributed by atoms with E-state index in [0.29, 0.717) is 6.54 Å². The minimum absolute atomic E-state index is 0.0176. The third-order valence-corrected chi connectivity index (χ3v) is 2.32. The van der Waals surface area contributed by atoms with Crippen LogP contribution in [0.15, 0.2) is 17.4 Å². The summed E-state index contributed by atoms with van der Waals surface area (Å²) in [4.78, 5) is 5.12. The maximum Gasteiger partial charge on any atom is 0.168 e. The van der Waals surface area contributed by atoms with Crippen molar-refractivity contribution in [2.45, 2.75) is 6.92 Å². The molecule has 0 aliphatic rings. The van der Waals surface area contributed by atoms with E-state index in [9.17, 15) is 8.78 Å². The molecule has 0 radical (unpaired) electrons. The van der Waals surface area contributed by atoms with Gasteiger partial charge in [-0.25, -0.2) is 13.8 Å². The van der Waals surface area contributed by atoms with E-state index in [4.69, 9.17) is 10.9 Å². The SMILES string of the molecule is CC(CN(C)c1ncc(F)cc1F)C(N)=NO. The summed E-state index contributed by atoms with van der Waals surface area (Å²) in [5.41, 5.74) is 5.40. The van der Waals surface area contributed by atoms with E-state index in [0.717, 1.165) is 12.3 Å². The van der Waals surface area contributed by atoms with Gasteiger partial charge in [0.25, 0.3) is 0 Å². The van der Waals surface area contributed by atoms with Gasteiger partial charge in [-0.05, 0) is 0 Å². The Hall–Kier alpha value is -1.92. The van der Waals surface area contributed by atoms with Crippen LogP contribution in [0, 0.1) is 17.6 Å². The van der Waals surface area contributed by atoms with Crippen molar-refractivity contribution in [1.29, 1.82) is 0 Å². The summed E-state index contributed by atoms with van der Waals surface area (Å²) < 4.78 is 26.0. The van der Waals surface area contributed by atoms with E-state index in [-0.39, 0.29) is 17.6 Å². The normalized spacial score (nSPS) is 13.5. The predicted octanol–water partition coefficient (Wildman–Crippen LogP) is 1.18. The lowest BCUT2D eigenvalue weighted by Crippen LogP contribution is -2.33. The largest absolute Gasteiger partial charge is 0.409 e. The molecule has 0 spiro atoms. The van der Waals surface area contributed by atoms with Crippen LogP contribution in [0.1, 0.15) is 6.92 Å². The Kier molecular flexibility index (Phi) is 4.19. The Bertz CT molecular complexity index is 425. The molecule has 0 aliphatic heterocycles. The molecule has 0 aromatic carbocycles. The molecule has 1 aromatic rings. The minimum Gasteiger partial charge on any atom is -0.409 e. The number of rotatable bonds is 4. The van der Waals surface area contributed by atoms with Gasteiger partial charge in [0.1, 0.15) is 11.7 Å². The van der Waals surface area contributed by atoms with Crippen molar-refractivity contribution in [3.05, 3.63) is 23.9 Å². The summed E-state index contributed by atoms with van der Waals surface area (Å²) in [6.07, 6.45) is 0.934. The van der Waals surface area contributed by atoms with Gasteiger partial charge >= 0.3 is 0 Å². The van der Waals surface area contributed by atoms with Gasteiger partial charge < -0.3 is 15.8 Å². The molecule has 0 aliphatic carbocycles. The molecule has 1 atom stereocenters. The van der Waals surface area contributed by atoms with Crippen molar-refractivity contribution in [3.63, 3.8) is 0 Å². The van der Waals surface area contributed by atoms with Gasteiger partial charge in [0.15, 0.2) is 11.6 Å². The van der Waals surface area contributed by atoms with Crippen molar-refractivity contribution in [2.75, 3.05) is 18.5 Å². The van der Waals surface area contributed by atoms with Gasteiger partial charge in [-0.15, -0.1) is 0 Å². The highest BCUT2D eigenvalue weighted by Crippen LogP contribution is 2.16. The van der Waals surface area contributed by atoms with Crippen LogP contribution in [-0.4, -0.2) is 29.6 Å². The molecule has 1 unspecified atom stereocenters. The molecule has 3 N–H and O–H groups in total. The Morgan fingerprint density at radius 3 is 2.82 bits per heavy atom. The predicted molar refractivity (Wildman–Crippen MR) is 60.0 cm³/mol. The fourth-order valence-corrected chi connectivity index (χ4v) is 1.38. The number of oxime groups is 1. The molecule has 7 heteroatoms. The fraction of sp³-hybridized carbons (Fsp3) is 0.400. The molecule has 17 heavy (non-hydrogen) atoms. The van der Waals surface area contributed by atoms with Crippen molar-refractivity contribution in [1.82, 2.24) is 4.98 Å². The summed E-state index contributed by atoms with van der Waals surface area (Å²) in [5, 5.41) is 11.4. The average molecular weight is 244 g/mol. The molecule has 0 saturated heterocycles. The van der Waals surface area contributed by atoms with Crippen LogP contribution in [0.3, 0.4) is 0 Å². The second kappa shape index (κ2) is 5.42. The second-order valence-corrected chi connectivity index (χ2v) is 3.77. The van der Waals surface area contributed by atoms with Gasteiger partial charge in [0, 0.05) is 25.6 Å². The van der Waals surface area contributed by atoms with Crippen LogP contribution in [0.5, 0.6) is 0 Å². The monoisotopic (exact) mass is 244 g/mol. The van der Waals surface area contributed by atoms with E-state index in [1.165, 1.54) is 4.90 Å². The van der Waals surface area contributed by atoms with E-state index in [1.807, 2.05) is 0 Å². The number of pyridine rings is 1. The molecule has 0 bridgehead atoms. The van der Waals surface area contributed by atoms with Crippen LogP contribution < -0.4 is 10.6 Å². The second-order valence-electron chi connectivity index (χ2n) is 3.77. The van der Waals surface area contributed by atoms with E-state index in [2.05, 4.69) is 10.1 Å². The lowest BCUT2D eigenvalue weighted by atomic mass is 10.1. The highest BCUT2D eigenvalue weighted by atomic mass is 19.1. The zero-order valence-corrected chi connectivity index (χ0v) is 9.56. The minimum atomic E-state index is -0.751. The van der Waals surface area contributed by atoms with Crippen molar-refractivity contribution < 1.29 is 14.0 Å². The summed E-state index contributed by atoms with van der Waals surface area (Å²) in [6.45, 7) is 2.01. The molecule has 94 valence electrons. The summed E-state index contributed by atoms with van der Waals surface area (Å²) in [6, 6.07) is 0.757. The Balaban J connectivity index is 2.79. The maximum atomic E-state index is 13.4. The standard InChI is InChI=1S/C10H14F2N4O/c1-6(9(13)15-17)5-16(2)10-8(12)3-7(11)4-14-10/h3-4,6,17H,5H2,1-2H3,(H2,13,15). The summed E-state index contributed by atoms with van der Waals surface area (Å²) >= 11 is 0. The number of hydrogen-bond acceptors (Lipinski definition) is 4. The number of anilines is 1. The first kappa shape index (κ1) is 13.1. The van der Waals surface area contributed by atoms with Gasteiger partial charge in [-0.1, -0.05) is 12.1 Å². The van der Waals surface area contributed by atoms with Crippen molar-refractivity contribution in [2.24, 2.45) is 16.8 Å². The van der Waals surface area contributed by atoms with Crippen LogP contribution in [0.25, 0.3) is 0 Å². The first-order valence-electron chi connectivity index (χ1n) is 4.95. The van der Waals surface area contributed by atoms with Crippen LogP contribution >= 0.6 is 0 Å². The Morgan fingerprint density at radius 2 is 2.29 bits per heavy atom. The van der Waals surface area contributed by atoms with Crippen LogP contribution in [0.2, 0.25) is 0 Å². The number of hydrogen-bond donors (Lipinski definition) is 2. The zero-order valence-electron chi connectivity index (χ0n) is 9.56. The summed E-state index contributed by atoms with van der Waals surface area (Å²) in [5.74, 6) is -1.71. The highest BCUT2D eigenvalue weighted by molar-refractivity contribution is 5.82. The first-order chi connectivity index (χ1) is 7.95. The smallest absolute Gasteiger partial charge is 0.168 e. The third-order valence-electron chi connectivity index (χ3n) is 2.32. The quantitative estimate of drug-likeness (QED) is 0.361. The first-order valence-corrected chi connectivity index (χ1v) is 4.95. The van der Waals surface area contributed by atoms with Crippen LogP contribution in [-0.2, 0) is 0 Å². The fourth-order valence-electron chi connectivity index (χ4n) is 1.38. The molecule has 1 rings (SSSR count). The van der Waals surface area contributed by atoms with Gasteiger partial charge in [-0.2, -0.15) is 0 Å². The molecule has 0 fully saturated rings. The van der Waals surface area contributed by atoms with E-state index in [1.54, 1.807) is 14.0 Å². The number of nitrogens with zero attached hydrogens (tertiary/aromatic N) is 3.